The zero-order valence-corrected chi connectivity index (χ0v) is 8.30. The molecule has 0 bridgehead atoms. The van der Waals surface area contributed by atoms with E-state index in [4.69, 9.17) is 0 Å². The smallest absolute Gasteiger partial charge is 0.0505 e. The minimum Gasteiger partial charge on any atom is -0.361 e. The third-order valence-corrected chi connectivity index (χ3v) is 3.33. The molecule has 1 heterocycles. The molecule has 0 unspecified atom stereocenters. The maximum atomic E-state index is 3.43. The molecule has 1 saturated carbocycles. The van der Waals surface area contributed by atoms with Crippen molar-refractivity contribution in [2.45, 2.75) is 18.4 Å². The summed E-state index contributed by atoms with van der Waals surface area (Å²) >= 11 is 0. The Morgan fingerprint density at radius 3 is 2.86 bits per heavy atom. The van der Waals surface area contributed by atoms with Crippen LogP contribution < -0.4 is 5.32 Å². The van der Waals surface area contributed by atoms with E-state index in [0.717, 1.165) is 0 Å². The molecule has 0 amide bonds. The molecule has 2 N–H and O–H groups in total. The summed E-state index contributed by atoms with van der Waals surface area (Å²) < 4.78 is 0. The molecule has 0 spiro atoms. The van der Waals surface area contributed by atoms with E-state index >= 15 is 0 Å². The van der Waals surface area contributed by atoms with Crippen molar-refractivity contribution >= 4 is 10.9 Å². The Morgan fingerprint density at radius 1 is 1.29 bits per heavy atom. The lowest BCUT2D eigenvalue weighted by molar-refractivity contribution is 0.589. The van der Waals surface area contributed by atoms with E-state index in [2.05, 4.69) is 41.6 Å². The van der Waals surface area contributed by atoms with Crippen LogP contribution in [0.4, 0.5) is 0 Å². The van der Waals surface area contributed by atoms with Crippen molar-refractivity contribution in [3.05, 3.63) is 36.0 Å². The molecule has 14 heavy (non-hydrogen) atoms. The van der Waals surface area contributed by atoms with Gasteiger partial charge in [0, 0.05) is 11.7 Å². The van der Waals surface area contributed by atoms with Crippen molar-refractivity contribution in [3.63, 3.8) is 0 Å². The second-order valence-electron chi connectivity index (χ2n) is 4.08. The topological polar surface area (TPSA) is 27.8 Å². The van der Waals surface area contributed by atoms with E-state index in [1.165, 1.54) is 29.3 Å². The first kappa shape index (κ1) is 8.06. The number of hydrogen-bond acceptors (Lipinski definition) is 1. The zero-order valence-electron chi connectivity index (χ0n) is 8.30. The van der Waals surface area contributed by atoms with E-state index in [0.29, 0.717) is 0 Å². The Morgan fingerprint density at radius 2 is 2.14 bits per heavy atom. The Balaban J connectivity index is 2.25. The molecule has 1 aromatic heterocycles. The van der Waals surface area contributed by atoms with Crippen LogP contribution in [0.1, 0.15) is 18.4 Å². The van der Waals surface area contributed by atoms with E-state index in [1.54, 1.807) is 0 Å². The number of hydrogen-bond donors (Lipinski definition) is 2. The molecule has 0 atom stereocenters. The van der Waals surface area contributed by atoms with Crippen molar-refractivity contribution in [1.29, 1.82) is 0 Å². The van der Waals surface area contributed by atoms with Crippen LogP contribution in [0.15, 0.2) is 30.5 Å². The maximum Gasteiger partial charge on any atom is 0.0505 e. The first-order chi connectivity index (χ1) is 6.86. The van der Waals surface area contributed by atoms with E-state index in [-0.39, 0.29) is 5.54 Å². The fourth-order valence-corrected chi connectivity index (χ4v) is 2.26. The second kappa shape index (κ2) is 2.61. The van der Waals surface area contributed by atoms with Gasteiger partial charge in [-0.3, -0.25) is 0 Å². The lowest BCUT2D eigenvalue weighted by atomic mass is 10.0. The highest BCUT2D eigenvalue weighted by atomic mass is 15.0. The summed E-state index contributed by atoms with van der Waals surface area (Å²) in [6, 6.07) is 8.65. The lowest BCUT2D eigenvalue weighted by Crippen LogP contribution is -2.24. The Kier molecular flexibility index (Phi) is 1.50. The summed E-state index contributed by atoms with van der Waals surface area (Å²) in [4.78, 5) is 3.33. The fraction of sp³-hybridized carbons (Fsp3) is 0.333. The maximum absolute atomic E-state index is 3.43. The normalized spacial score (nSPS) is 18.6. The van der Waals surface area contributed by atoms with Gasteiger partial charge in [0.2, 0.25) is 0 Å². The van der Waals surface area contributed by atoms with Crippen molar-refractivity contribution in [2.75, 3.05) is 7.05 Å². The summed E-state index contributed by atoms with van der Waals surface area (Å²) in [7, 11) is 2.05. The number of H-pyrrole nitrogens is 1. The summed E-state index contributed by atoms with van der Waals surface area (Å²) in [5.41, 5.74) is 2.96. The first-order valence-electron chi connectivity index (χ1n) is 5.11. The predicted octanol–water partition coefficient (Wildman–Crippen LogP) is 2.38. The molecular formula is C12H14N2. The van der Waals surface area contributed by atoms with Gasteiger partial charge < -0.3 is 10.3 Å². The third-order valence-electron chi connectivity index (χ3n) is 3.33. The molecule has 72 valence electrons. The van der Waals surface area contributed by atoms with Crippen LogP contribution >= 0.6 is 0 Å². The van der Waals surface area contributed by atoms with Crippen LogP contribution in [0.5, 0.6) is 0 Å². The fourth-order valence-electron chi connectivity index (χ4n) is 2.26. The van der Waals surface area contributed by atoms with E-state index in [9.17, 15) is 0 Å². The van der Waals surface area contributed by atoms with Gasteiger partial charge in [0.05, 0.1) is 5.52 Å². The number of benzene rings is 1. The van der Waals surface area contributed by atoms with Gasteiger partial charge in [0.25, 0.3) is 0 Å². The number of fused-ring (bicyclic) bond motifs is 1. The highest BCUT2D eigenvalue weighted by molar-refractivity contribution is 5.83. The molecule has 1 aliphatic carbocycles. The average molecular weight is 186 g/mol. The number of aromatic amines is 1. The number of para-hydroxylation sites is 1. The van der Waals surface area contributed by atoms with Crippen LogP contribution in [-0.4, -0.2) is 12.0 Å². The first-order valence-corrected chi connectivity index (χ1v) is 5.11. The molecule has 2 aromatic rings. The monoisotopic (exact) mass is 186 g/mol. The van der Waals surface area contributed by atoms with Crippen LogP contribution in [0.2, 0.25) is 0 Å². The highest BCUT2D eigenvalue weighted by Gasteiger charge is 2.43. The van der Waals surface area contributed by atoms with E-state index in [1.807, 2.05) is 6.20 Å². The second-order valence-corrected chi connectivity index (χ2v) is 4.08. The van der Waals surface area contributed by atoms with Crippen molar-refractivity contribution in [3.8, 4) is 0 Å². The van der Waals surface area contributed by atoms with Gasteiger partial charge in [-0.2, -0.15) is 0 Å². The van der Waals surface area contributed by atoms with Crippen LogP contribution in [0.3, 0.4) is 0 Å². The van der Waals surface area contributed by atoms with Crippen molar-refractivity contribution in [2.24, 2.45) is 0 Å². The van der Waals surface area contributed by atoms with Crippen LogP contribution in [-0.2, 0) is 5.54 Å². The summed E-state index contributed by atoms with van der Waals surface area (Å²) in [5, 5.41) is 4.74. The zero-order chi connectivity index (χ0) is 9.60. The number of nitrogens with one attached hydrogen (secondary N) is 2. The van der Waals surface area contributed by atoms with Gasteiger partial charge in [-0.1, -0.05) is 18.2 Å². The van der Waals surface area contributed by atoms with Gasteiger partial charge in [-0.05, 0) is 36.9 Å². The SMILES string of the molecule is CNC1(c2cccc3cc[nH]c23)CC1. The van der Waals surface area contributed by atoms with Gasteiger partial charge in [0.1, 0.15) is 0 Å². The van der Waals surface area contributed by atoms with Crippen molar-refractivity contribution in [1.82, 2.24) is 10.3 Å². The average Bonchev–Trinajstić information content (AvgIpc) is 2.87. The third kappa shape index (κ3) is 0.946. The molecule has 1 aromatic carbocycles. The van der Waals surface area contributed by atoms with Gasteiger partial charge in [0.15, 0.2) is 0 Å². The Bertz CT molecular complexity index is 466. The molecule has 3 rings (SSSR count). The summed E-state index contributed by atoms with van der Waals surface area (Å²) in [6.45, 7) is 0. The van der Waals surface area contributed by atoms with Crippen LogP contribution in [0.25, 0.3) is 10.9 Å². The molecule has 0 aliphatic heterocycles. The van der Waals surface area contributed by atoms with Gasteiger partial charge in [-0.25, -0.2) is 0 Å². The highest BCUT2D eigenvalue weighted by Crippen LogP contribution is 2.47. The molecule has 2 nitrogen and oxygen atoms in total. The predicted molar refractivity (Wildman–Crippen MR) is 58.3 cm³/mol. The standard InChI is InChI=1S/C12H14N2/c1-13-12(6-7-12)10-4-2-3-9-5-8-14-11(9)10/h2-5,8,13-14H,6-7H2,1H3. The molecule has 0 saturated heterocycles. The van der Waals surface area contributed by atoms with Gasteiger partial charge >= 0.3 is 0 Å². The van der Waals surface area contributed by atoms with Crippen LogP contribution in [0, 0.1) is 0 Å². The Hall–Kier alpha value is -1.28. The lowest BCUT2D eigenvalue weighted by Gasteiger charge is -2.15. The van der Waals surface area contributed by atoms with Gasteiger partial charge in [-0.15, -0.1) is 0 Å². The summed E-state index contributed by atoms with van der Waals surface area (Å²) in [5.74, 6) is 0. The molecule has 1 fully saturated rings. The number of rotatable bonds is 2. The minimum atomic E-state index is 0.254. The molecular weight excluding hydrogens is 172 g/mol. The molecule has 1 aliphatic rings. The minimum absolute atomic E-state index is 0.254. The quantitative estimate of drug-likeness (QED) is 0.740. The van der Waals surface area contributed by atoms with Crippen molar-refractivity contribution < 1.29 is 0 Å². The molecule has 0 radical (unpaired) electrons. The summed E-state index contributed by atoms with van der Waals surface area (Å²) in [6.07, 6.45) is 4.52. The Labute approximate surface area is 83.3 Å². The number of aromatic nitrogens is 1. The largest absolute Gasteiger partial charge is 0.361 e. The molecule has 2 heteroatoms. The van der Waals surface area contributed by atoms with E-state index < -0.39 is 0 Å².